The second kappa shape index (κ2) is 4.44. The zero-order valence-electron chi connectivity index (χ0n) is 11.2. The number of fused-ring (bicyclic) bond motifs is 1. The van der Waals surface area contributed by atoms with Crippen molar-refractivity contribution in [2.24, 2.45) is 7.05 Å². The maximum Gasteiger partial charge on any atom is 0.319 e. The first-order valence-corrected chi connectivity index (χ1v) is 6.07. The lowest BCUT2D eigenvalue weighted by Crippen LogP contribution is -2.33. The van der Waals surface area contributed by atoms with Crippen molar-refractivity contribution < 1.29 is 9.53 Å². The van der Waals surface area contributed by atoms with Gasteiger partial charge in [0.2, 0.25) is 0 Å². The smallest absolute Gasteiger partial charge is 0.319 e. The molecule has 2 aromatic rings. The summed E-state index contributed by atoms with van der Waals surface area (Å²) in [6, 6.07) is 7.84. The third kappa shape index (κ3) is 1.88. The van der Waals surface area contributed by atoms with Gasteiger partial charge in [0.25, 0.3) is 0 Å². The fourth-order valence-corrected chi connectivity index (χ4v) is 2.11. The Labute approximate surface area is 107 Å². The van der Waals surface area contributed by atoms with Crippen LogP contribution >= 0.6 is 0 Å². The highest BCUT2D eigenvalue weighted by Gasteiger charge is 2.36. The van der Waals surface area contributed by atoms with Crippen molar-refractivity contribution in [2.45, 2.75) is 26.2 Å². The van der Waals surface area contributed by atoms with Crippen molar-refractivity contribution in [1.29, 1.82) is 0 Å². The SMILES string of the molecule is CCOC(=O)C(C)(C)c1nc2ccccc2n1C. The van der Waals surface area contributed by atoms with E-state index in [0.29, 0.717) is 6.61 Å². The number of imidazole rings is 1. The normalized spacial score (nSPS) is 11.8. The molecule has 0 spiro atoms. The van der Waals surface area contributed by atoms with Crippen molar-refractivity contribution in [3.05, 3.63) is 30.1 Å². The van der Waals surface area contributed by atoms with E-state index in [4.69, 9.17) is 4.74 Å². The number of aryl methyl sites for hydroxylation is 1. The number of hydrogen-bond acceptors (Lipinski definition) is 3. The topological polar surface area (TPSA) is 44.1 Å². The minimum Gasteiger partial charge on any atom is -0.465 e. The Hall–Kier alpha value is -1.84. The van der Waals surface area contributed by atoms with Crippen LogP contribution in [0.1, 0.15) is 26.6 Å². The molecule has 1 aromatic carbocycles. The van der Waals surface area contributed by atoms with E-state index in [1.54, 1.807) is 0 Å². The molecule has 1 aromatic heterocycles. The Morgan fingerprint density at radius 2 is 2.06 bits per heavy atom. The van der Waals surface area contributed by atoms with Crippen LogP contribution < -0.4 is 0 Å². The predicted molar refractivity (Wildman–Crippen MR) is 70.4 cm³/mol. The lowest BCUT2D eigenvalue weighted by Gasteiger charge is -2.21. The number of rotatable bonds is 3. The van der Waals surface area contributed by atoms with Gasteiger partial charge in [-0.2, -0.15) is 0 Å². The zero-order valence-corrected chi connectivity index (χ0v) is 11.2. The standard InChI is InChI=1S/C14H18N2O2/c1-5-18-13(17)14(2,3)12-15-10-8-6-7-9-11(10)16(12)4/h6-9H,5H2,1-4H3. The first kappa shape index (κ1) is 12.6. The van der Waals surface area contributed by atoms with Gasteiger partial charge >= 0.3 is 5.97 Å². The average Bonchev–Trinajstić information content (AvgIpc) is 2.68. The third-order valence-electron chi connectivity index (χ3n) is 3.13. The maximum absolute atomic E-state index is 12.0. The summed E-state index contributed by atoms with van der Waals surface area (Å²) in [5.41, 5.74) is 1.17. The van der Waals surface area contributed by atoms with Gasteiger partial charge in [-0.1, -0.05) is 12.1 Å². The van der Waals surface area contributed by atoms with Gasteiger partial charge in [-0.25, -0.2) is 4.98 Å². The van der Waals surface area contributed by atoms with Gasteiger partial charge in [-0.3, -0.25) is 4.79 Å². The number of aromatic nitrogens is 2. The van der Waals surface area contributed by atoms with Gasteiger partial charge in [-0.05, 0) is 32.9 Å². The number of carbonyl (C=O) groups excluding carboxylic acids is 1. The summed E-state index contributed by atoms with van der Waals surface area (Å²) in [6.07, 6.45) is 0. The lowest BCUT2D eigenvalue weighted by molar-refractivity contribution is -0.149. The molecular formula is C14H18N2O2. The number of hydrogen-bond donors (Lipinski definition) is 0. The first-order valence-electron chi connectivity index (χ1n) is 6.07. The second-order valence-electron chi connectivity index (χ2n) is 4.83. The van der Waals surface area contributed by atoms with E-state index in [1.165, 1.54) is 0 Å². The molecule has 0 saturated heterocycles. The summed E-state index contributed by atoms with van der Waals surface area (Å²) < 4.78 is 7.07. The molecule has 0 N–H and O–H groups in total. The largest absolute Gasteiger partial charge is 0.465 e. The van der Waals surface area contributed by atoms with Crippen molar-refractivity contribution in [2.75, 3.05) is 6.61 Å². The van der Waals surface area contributed by atoms with Crippen LogP contribution in [0, 0.1) is 0 Å². The number of benzene rings is 1. The summed E-state index contributed by atoms with van der Waals surface area (Å²) in [6.45, 7) is 5.87. The van der Waals surface area contributed by atoms with E-state index in [1.807, 2.05) is 56.7 Å². The molecule has 2 rings (SSSR count). The van der Waals surface area contributed by atoms with E-state index >= 15 is 0 Å². The molecule has 0 saturated carbocycles. The molecule has 0 atom stereocenters. The lowest BCUT2D eigenvalue weighted by atomic mass is 9.92. The summed E-state index contributed by atoms with van der Waals surface area (Å²) in [5, 5.41) is 0. The molecule has 4 nitrogen and oxygen atoms in total. The highest BCUT2D eigenvalue weighted by molar-refractivity contribution is 5.84. The molecule has 0 aliphatic carbocycles. The Bertz CT molecular complexity index is 584. The quantitative estimate of drug-likeness (QED) is 0.781. The summed E-state index contributed by atoms with van der Waals surface area (Å²) in [5.74, 6) is 0.477. The van der Waals surface area contributed by atoms with E-state index in [2.05, 4.69) is 4.98 Å². The summed E-state index contributed by atoms with van der Waals surface area (Å²) >= 11 is 0. The Kier molecular flexibility index (Phi) is 3.11. The van der Waals surface area contributed by atoms with Crippen LogP contribution in [0.4, 0.5) is 0 Å². The third-order valence-corrected chi connectivity index (χ3v) is 3.13. The zero-order chi connectivity index (χ0) is 13.3. The van der Waals surface area contributed by atoms with E-state index in [0.717, 1.165) is 16.9 Å². The number of carbonyl (C=O) groups is 1. The second-order valence-corrected chi connectivity index (χ2v) is 4.83. The maximum atomic E-state index is 12.0. The van der Waals surface area contributed by atoms with E-state index in [-0.39, 0.29) is 5.97 Å². The molecule has 0 aliphatic heterocycles. The fraction of sp³-hybridized carbons (Fsp3) is 0.429. The van der Waals surface area contributed by atoms with Gasteiger partial charge in [0.05, 0.1) is 17.6 Å². The number of esters is 1. The molecule has 0 bridgehead atoms. The molecule has 0 amide bonds. The van der Waals surface area contributed by atoms with Gasteiger partial charge in [-0.15, -0.1) is 0 Å². The summed E-state index contributed by atoms with van der Waals surface area (Å²) in [7, 11) is 1.92. The van der Waals surface area contributed by atoms with E-state index < -0.39 is 5.41 Å². The van der Waals surface area contributed by atoms with Crippen LogP contribution in [0.15, 0.2) is 24.3 Å². The molecule has 96 valence electrons. The highest BCUT2D eigenvalue weighted by atomic mass is 16.5. The summed E-state index contributed by atoms with van der Waals surface area (Å²) in [4.78, 5) is 16.6. The van der Waals surface area contributed by atoms with Crippen LogP contribution in [0.25, 0.3) is 11.0 Å². The Morgan fingerprint density at radius 1 is 1.39 bits per heavy atom. The Balaban J connectivity index is 2.53. The van der Waals surface area contributed by atoms with E-state index in [9.17, 15) is 4.79 Å². The molecular weight excluding hydrogens is 228 g/mol. The molecule has 1 heterocycles. The number of nitrogens with zero attached hydrogens (tertiary/aromatic N) is 2. The number of para-hydroxylation sites is 2. The van der Waals surface area contributed by atoms with Gasteiger partial charge in [0.15, 0.2) is 0 Å². The van der Waals surface area contributed by atoms with Crippen LogP contribution in [0.2, 0.25) is 0 Å². The minimum atomic E-state index is -0.746. The molecule has 18 heavy (non-hydrogen) atoms. The van der Waals surface area contributed by atoms with Crippen molar-refractivity contribution in [1.82, 2.24) is 9.55 Å². The van der Waals surface area contributed by atoms with Crippen LogP contribution in [-0.2, 0) is 22.0 Å². The van der Waals surface area contributed by atoms with Crippen molar-refractivity contribution in [3.63, 3.8) is 0 Å². The molecule has 4 heteroatoms. The predicted octanol–water partition coefficient (Wildman–Crippen LogP) is 2.41. The molecule has 0 unspecified atom stereocenters. The van der Waals surface area contributed by atoms with Gasteiger partial charge < -0.3 is 9.30 Å². The molecule has 0 fully saturated rings. The number of ether oxygens (including phenoxy) is 1. The van der Waals surface area contributed by atoms with Crippen LogP contribution in [0.5, 0.6) is 0 Å². The highest BCUT2D eigenvalue weighted by Crippen LogP contribution is 2.27. The molecule has 0 radical (unpaired) electrons. The Morgan fingerprint density at radius 3 is 2.67 bits per heavy atom. The van der Waals surface area contributed by atoms with Gasteiger partial charge in [0, 0.05) is 7.05 Å². The van der Waals surface area contributed by atoms with Crippen LogP contribution in [0.3, 0.4) is 0 Å². The van der Waals surface area contributed by atoms with Crippen molar-refractivity contribution in [3.8, 4) is 0 Å². The molecule has 0 aliphatic rings. The van der Waals surface area contributed by atoms with Gasteiger partial charge in [0.1, 0.15) is 11.2 Å². The fourth-order valence-electron chi connectivity index (χ4n) is 2.11. The monoisotopic (exact) mass is 246 g/mol. The van der Waals surface area contributed by atoms with Crippen molar-refractivity contribution >= 4 is 17.0 Å². The minimum absolute atomic E-state index is 0.247. The first-order chi connectivity index (χ1) is 8.48. The average molecular weight is 246 g/mol. The van der Waals surface area contributed by atoms with Crippen LogP contribution in [-0.4, -0.2) is 22.1 Å².